The van der Waals surface area contributed by atoms with Crippen molar-refractivity contribution in [1.82, 2.24) is 0 Å². The molecule has 0 bridgehead atoms. The molecule has 0 saturated carbocycles. The third-order valence-corrected chi connectivity index (χ3v) is 2.84. The largest absolute Gasteiger partial charge is 0.457 e. The minimum atomic E-state index is 0.514. The predicted molar refractivity (Wildman–Crippen MR) is 73.1 cm³/mol. The monoisotopic (exact) mass is 280 g/mol. The molecule has 92 valence electrons. The van der Waals surface area contributed by atoms with Gasteiger partial charge in [0.2, 0.25) is 0 Å². The van der Waals surface area contributed by atoms with Gasteiger partial charge in [-0.2, -0.15) is 0 Å². The molecular weight excluding hydrogens is 271 g/mol. The molecule has 0 spiro atoms. The highest BCUT2D eigenvalue weighted by molar-refractivity contribution is 6.34. The van der Waals surface area contributed by atoms with E-state index < -0.39 is 0 Å². The number of carbonyl (C=O) groups is 1. The number of rotatable bonds is 3. The second kappa shape index (κ2) is 5.42. The first-order valence-corrected chi connectivity index (χ1v) is 6.04. The molecule has 0 aromatic heterocycles. The summed E-state index contributed by atoms with van der Waals surface area (Å²) in [7, 11) is 0. The average molecular weight is 281 g/mol. The molecule has 0 unspecified atom stereocenters. The van der Waals surface area contributed by atoms with Crippen molar-refractivity contribution < 1.29 is 9.53 Å². The zero-order chi connectivity index (χ0) is 13.1. The molecular formula is C14H10Cl2O2. The van der Waals surface area contributed by atoms with Gasteiger partial charge in [0.05, 0.1) is 0 Å². The number of carbonyl (C=O) groups excluding carboxylic acids is 1. The minimum Gasteiger partial charge on any atom is -0.457 e. The second-order valence-corrected chi connectivity index (χ2v) is 4.72. The Morgan fingerprint density at radius 2 is 1.72 bits per heavy atom. The smallest absolute Gasteiger partial charge is 0.150 e. The van der Waals surface area contributed by atoms with Crippen LogP contribution < -0.4 is 4.74 Å². The topological polar surface area (TPSA) is 26.3 Å². The molecule has 18 heavy (non-hydrogen) atoms. The van der Waals surface area contributed by atoms with Crippen LogP contribution in [-0.4, -0.2) is 6.29 Å². The first kappa shape index (κ1) is 12.9. The Bertz CT molecular complexity index is 574. The van der Waals surface area contributed by atoms with Gasteiger partial charge in [-0.25, -0.2) is 0 Å². The first-order chi connectivity index (χ1) is 8.58. The van der Waals surface area contributed by atoms with E-state index in [2.05, 4.69) is 0 Å². The Morgan fingerprint density at radius 1 is 1.06 bits per heavy atom. The van der Waals surface area contributed by atoms with E-state index in [1.807, 2.05) is 6.92 Å². The van der Waals surface area contributed by atoms with Gasteiger partial charge in [-0.15, -0.1) is 0 Å². The highest BCUT2D eigenvalue weighted by Gasteiger charge is 2.04. The van der Waals surface area contributed by atoms with Crippen molar-refractivity contribution in [2.45, 2.75) is 6.92 Å². The van der Waals surface area contributed by atoms with Crippen LogP contribution in [0.4, 0.5) is 0 Å². The van der Waals surface area contributed by atoms with Gasteiger partial charge in [0.1, 0.15) is 17.8 Å². The highest BCUT2D eigenvalue weighted by Crippen LogP contribution is 2.30. The lowest BCUT2D eigenvalue weighted by Gasteiger charge is -2.09. The van der Waals surface area contributed by atoms with Crippen LogP contribution in [0.2, 0.25) is 10.0 Å². The lowest BCUT2D eigenvalue weighted by Crippen LogP contribution is -1.89. The molecule has 0 fully saturated rings. The van der Waals surface area contributed by atoms with Gasteiger partial charge in [-0.3, -0.25) is 4.79 Å². The molecule has 0 saturated heterocycles. The number of aldehydes is 1. The summed E-state index contributed by atoms with van der Waals surface area (Å²) in [5.74, 6) is 1.23. The number of hydrogen-bond acceptors (Lipinski definition) is 2. The van der Waals surface area contributed by atoms with Crippen LogP contribution in [0.25, 0.3) is 0 Å². The fourth-order valence-corrected chi connectivity index (χ4v) is 2.08. The Hall–Kier alpha value is -1.51. The number of benzene rings is 2. The Kier molecular flexibility index (Phi) is 3.90. The molecule has 0 aliphatic carbocycles. The second-order valence-electron chi connectivity index (χ2n) is 3.85. The number of hydrogen-bond donors (Lipinski definition) is 0. The first-order valence-electron chi connectivity index (χ1n) is 5.28. The maximum Gasteiger partial charge on any atom is 0.150 e. The van der Waals surface area contributed by atoms with E-state index in [9.17, 15) is 4.79 Å². The molecule has 2 aromatic carbocycles. The summed E-state index contributed by atoms with van der Waals surface area (Å²) in [6, 6.07) is 10.2. The summed E-state index contributed by atoms with van der Waals surface area (Å²) in [5.41, 5.74) is 1.49. The zero-order valence-electron chi connectivity index (χ0n) is 9.61. The van der Waals surface area contributed by atoms with Gasteiger partial charge in [0.25, 0.3) is 0 Å². The number of aryl methyl sites for hydroxylation is 1. The van der Waals surface area contributed by atoms with E-state index in [-0.39, 0.29) is 0 Å². The molecule has 2 nitrogen and oxygen atoms in total. The van der Waals surface area contributed by atoms with Crippen molar-refractivity contribution in [3.8, 4) is 11.5 Å². The fraction of sp³-hybridized carbons (Fsp3) is 0.0714. The van der Waals surface area contributed by atoms with E-state index in [4.69, 9.17) is 27.9 Å². The van der Waals surface area contributed by atoms with Crippen LogP contribution in [0, 0.1) is 6.92 Å². The summed E-state index contributed by atoms with van der Waals surface area (Å²) < 4.78 is 5.69. The molecule has 4 heteroatoms. The Labute approximate surface area is 115 Å². The van der Waals surface area contributed by atoms with Crippen molar-refractivity contribution in [2.24, 2.45) is 0 Å². The molecule has 0 amide bonds. The van der Waals surface area contributed by atoms with Gasteiger partial charge >= 0.3 is 0 Å². The number of ether oxygens (including phenoxy) is 1. The maximum atomic E-state index is 10.6. The van der Waals surface area contributed by atoms with Crippen LogP contribution in [0.5, 0.6) is 11.5 Å². The molecule has 0 aliphatic heterocycles. The van der Waals surface area contributed by atoms with Crippen molar-refractivity contribution in [3.05, 3.63) is 57.6 Å². The summed E-state index contributed by atoms with van der Waals surface area (Å²) in [4.78, 5) is 10.6. The summed E-state index contributed by atoms with van der Waals surface area (Å²) >= 11 is 11.8. The molecule has 0 aliphatic rings. The summed E-state index contributed by atoms with van der Waals surface area (Å²) in [6.45, 7) is 1.87. The Balaban J connectivity index is 2.31. The Morgan fingerprint density at radius 3 is 2.28 bits per heavy atom. The predicted octanol–water partition coefficient (Wildman–Crippen LogP) is 4.91. The molecule has 0 N–H and O–H groups in total. The van der Waals surface area contributed by atoms with Gasteiger partial charge in [0.15, 0.2) is 0 Å². The van der Waals surface area contributed by atoms with E-state index in [1.54, 1.807) is 36.4 Å². The molecule has 0 heterocycles. The van der Waals surface area contributed by atoms with Crippen molar-refractivity contribution in [2.75, 3.05) is 0 Å². The third kappa shape index (κ3) is 3.03. The zero-order valence-corrected chi connectivity index (χ0v) is 11.1. The fourth-order valence-electron chi connectivity index (χ4n) is 1.57. The van der Waals surface area contributed by atoms with Crippen LogP contribution in [0.15, 0.2) is 36.4 Å². The van der Waals surface area contributed by atoms with Gasteiger partial charge in [-0.05, 0) is 48.9 Å². The summed E-state index contributed by atoms with van der Waals surface area (Å²) in [6.07, 6.45) is 0.799. The van der Waals surface area contributed by atoms with Crippen molar-refractivity contribution >= 4 is 29.5 Å². The quantitative estimate of drug-likeness (QED) is 0.747. The van der Waals surface area contributed by atoms with Gasteiger partial charge < -0.3 is 4.74 Å². The van der Waals surface area contributed by atoms with Crippen LogP contribution in [-0.2, 0) is 0 Å². The van der Waals surface area contributed by atoms with Crippen LogP contribution >= 0.6 is 23.2 Å². The molecule has 0 radical (unpaired) electrons. The maximum absolute atomic E-state index is 10.6. The van der Waals surface area contributed by atoms with Crippen molar-refractivity contribution in [3.63, 3.8) is 0 Å². The van der Waals surface area contributed by atoms with E-state index in [0.717, 1.165) is 11.8 Å². The van der Waals surface area contributed by atoms with E-state index in [0.29, 0.717) is 27.1 Å². The molecule has 2 rings (SSSR count). The van der Waals surface area contributed by atoms with Crippen LogP contribution in [0.3, 0.4) is 0 Å². The molecule has 2 aromatic rings. The average Bonchev–Trinajstić information content (AvgIpc) is 2.30. The van der Waals surface area contributed by atoms with Gasteiger partial charge in [0, 0.05) is 15.6 Å². The van der Waals surface area contributed by atoms with E-state index >= 15 is 0 Å². The normalized spacial score (nSPS) is 10.2. The minimum absolute atomic E-state index is 0.514. The lowest BCUT2D eigenvalue weighted by atomic mass is 10.1. The molecule has 0 atom stereocenters. The van der Waals surface area contributed by atoms with Gasteiger partial charge in [-0.1, -0.05) is 23.2 Å². The van der Waals surface area contributed by atoms with Crippen molar-refractivity contribution in [1.29, 1.82) is 0 Å². The summed E-state index contributed by atoms with van der Waals surface area (Å²) in [5, 5.41) is 1.03. The highest BCUT2D eigenvalue weighted by atomic mass is 35.5. The third-order valence-electron chi connectivity index (χ3n) is 2.40. The number of halogens is 2. The van der Waals surface area contributed by atoms with Crippen LogP contribution in [0.1, 0.15) is 15.9 Å². The lowest BCUT2D eigenvalue weighted by molar-refractivity contribution is 0.112. The SMILES string of the molecule is Cc1cc(C=O)ccc1Oc1cc(Cl)cc(Cl)c1. The standard InChI is InChI=1S/C14H10Cl2O2/c1-9-4-10(8-17)2-3-14(9)18-13-6-11(15)5-12(16)7-13/h2-8H,1H3. The van der Waals surface area contributed by atoms with E-state index in [1.165, 1.54) is 0 Å².